The van der Waals surface area contributed by atoms with E-state index in [2.05, 4.69) is 110 Å². The van der Waals surface area contributed by atoms with Gasteiger partial charge in [-0.05, 0) is 116 Å². The molecule has 0 fully saturated rings. The van der Waals surface area contributed by atoms with E-state index in [1.54, 1.807) is 12.1 Å². The standard InChI is InChI=1S/C40H28BFN2/c1-21-5-11-34-28(13-21)30-15-23(3)17-32-39(30)43(34)36-19-26(25-7-9-27(42)10-8-25)20-37-38(36)41(32)33-18-24(4)16-31-29-14-22(2)6-12-35(29)44(37)40(31)33/h5-20H,1-4H3. The summed E-state index contributed by atoms with van der Waals surface area (Å²) in [6.07, 6.45) is 0. The first-order chi connectivity index (χ1) is 21.4. The molecule has 4 heterocycles. The van der Waals surface area contributed by atoms with Crippen molar-refractivity contribution in [1.82, 2.24) is 9.13 Å². The third-order valence-electron chi connectivity index (χ3n) is 10.1. The number of rotatable bonds is 1. The van der Waals surface area contributed by atoms with Crippen LogP contribution in [0.4, 0.5) is 4.39 Å². The number of benzene rings is 6. The average Bonchev–Trinajstić information content (AvgIpc) is 3.50. The molecule has 0 bridgehead atoms. The van der Waals surface area contributed by atoms with Crippen molar-refractivity contribution < 1.29 is 4.39 Å². The van der Waals surface area contributed by atoms with E-state index in [9.17, 15) is 4.39 Å². The largest absolute Gasteiger partial charge is 0.310 e. The van der Waals surface area contributed by atoms with Gasteiger partial charge in [-0.25, -0.2) is 4.39 Å². The first kappa shape index (κ1) is 24.4. The lowest BCUT2D eigenvalue weighted by molar-refractivity contribution is 0.628. The van der Waals surface area contributed by atoms with Crippen molar-refractivity contribution in [2.75, 3.05) is 0 Å². The van der Waals surface area contributed by atoms with Crippen LogP contribution in [0.2, 0.25) is 0 Å². The highest BCUT2D eigenvalue weighted by Crippen LogP contribution is 2.41. The van der Waals surface area contributed by atoms with Gasteiger partial charge in [0.1, 0.15) is 5.82 Å². The van der Waals surface area contributed by atoms with Gasteiger partial charge >= 0.3 is 0 Å². The minimum absolute atomic E-state index is 0.0999. The Morgan fingerprint density at radius 2 is 0.955 bits per heavy atom. The summed E-state index contributed by atoms with van der Waals surface area (Å²) in [5.74, 6) is -0.219. The van der Waals surface area contributed by atoms with Crippen LogP contribution in [0, 0.1) is 33.5 Å². The van der Waals surface area contributed by atoms with Gasteiger partial charge < -0.3 is 9.13 Å². The van der Waals surface area contributed by atoms with E-state index >= 15 is 0 Å². The van der Waals surface area contributed by atoms with E-state index in [0.29, 0.717) is 0 Å². The second kappa shape index (κ2) is 8.09. The minimum atomic E-state index is -0.219. The van der Waals surface area contributed by atoms with Gasteiger partial charge in [0.05, 0.1) is 11.0 Å². The van der Waals surface area contributed by atoms with E-state index in [0.717, 1.165) is 11.1 Å². The summed E-state index contributed by atoms with van der Waals surface area (Å²) in [6, 6.07) is 34.9. The first-order valence-electron chi connectivity index (χ1n) is 15.4. The van der Waals surface area contributed by atoms with E-state index in [1.165, 1.54) is 93.6 Å². The summed E-state index contributed by atoms with van der Waals surface area (Å²) in [4.78, 5) is 0. The van der Waals surface area contributed by atoms with Crippen LogP contribution in [0.25, 0.3) is 66.1 Å². The van der Waals surface area contributed by atoms with Crippen LogP contribution in [0.1, 0.15) is 22.3 Å². The second-order valence-corrected chi connectivity index (χ2v) is 13.1. The third-order valence-corrected chi connectivity index (χ3v) is 10.1. The topological polar surface area (TPSA) is 9.86 Å². The Labute approximate surface area is 255 Å². The van der Waals surface area contributed by atoms with Gasteiger partial charge in [0.2, 0.25) is 0 Å². The molecule has 2 nitrogen and oxygen atoms in total. The Morgan fingerprint density at radius 3 is 1.45 bits per heavy atom. The van der Waals surface area contributed by atoms with Crippen LogP contribution < -0.4 is 16.4 Å². The monoisotopic (exact) mass is 566 g/mol. The number of aryl methyl sites for hydroxylation is 4. The number of hydrogen-bond donors (Lipinski definition) is 0. The van der Waals surface area contributed by atoms with Crippen LogP contribution in [-0.2, 0) is 0 Å². The van der Waals surface area contributed by atoms with Gasteiger partial charge in [-0.1, -0.05) is 58.7 Å². The summed E-state index contributed by atoms with van der Waals surface area (Å²) in [7, 11) is 0. The lowest BCUT2D eigenvalue weighted by atomic mass is 9.34. The fourth-order valence-corrected chi connectivity index (χ4v) is 8.40. The summed E-state index contributed by atoms with van der Waals surface area (Å²) < 4.78 is 19.1. The lowest BCUT2D eigenvalue weighted by Crippen LogP contribution is -2.59. The van der Waals surface area contributed by atoms with Gasteiger partial charge in [0.15, 0.2) is 0 Å². The Morgan fingerprint density at radius 1 is 0.477 bits per heavy atom. The Bertz CT molecular complexity index is 2450. The molecule has 0 N–H and O–H groups in total. The lowest BCUT2D eigenvalue weighted by Gasteiger charge is -2.34. The molecule has 44 heavy (non-hydrogen) atoms. The van der Waals surface area contributed by atoms with Crippen molar-refractivity contribution in [3.05, 3.63) is 125 Å². The maximum atomic E-state index is 14.1. The molecular weight excluding hydrogens is 538 g/mol. The number of fused-ring (bicyclic) bond motifs is 10. The summed E-state index contributed by atoms with van der Waals surface area (Å²) in [6.45, 7) is 8.92. The van der Waals surface area contributed by atoms with Crippen LogP contribution in [0.3, 0.4) is 0 Å². The van der Waals surface area contributed by atoms with Gasteiger partial charge in [-0.15, -0.1) is 0 Å². The molecule has 2 aromatic heterocycles. The second-order valence-electron chi connectivity index (χ2n) is 13.1. The normalized spacial score (nSPS) is 13.1. The summed E-state index contributed by atoms with van der Waals surface area (Å²) in [5.41, 5.74) is 18.7. The van der Waals surface area contributed by atoms with Crippen LogP contribution >= 0.6 is 0 Å². The van der Waals surface area contributed by atoms with Gasteiger partial charge in [0.25, 0.3) is 6.71 Å². The molecule has 0 saturated carbocycles. The number of aromatic nitrogens is 2. The Hall–Kier alpha value is -5.09. The molecule has 4 heteroatoms. The fraction of sp³-hybridized carbons (Fsp3) is 0.100. The molecule has 0 saturated heterocycles. The number of nitrogens with zero attached hydrogens (tertiary/aromatic N) is 2. The number of hydrogen-bond acceptors (Lipinski definition) is 0. The summed E-state index contributed by atoms with van der Waals surface area (Å²) >= 11 is 0. The maximum absolute atomic E-state index is 14.1. The van der Waals surface area contributed by atoms with Crippen LogP contribution in [0.15, 0.2) is 97.1 Å². The van der Waals surface area contributed by atoms with Crippen molar-refractivity contribution in [2.45, 2.75) is 27.7 Å². The van der Waals surface area contributed by atoms with Gasteiger partial charge in [-0.2, -0.15) is 0 Å². The highest BCUT2D eigenvalue weighted by molar-refractivity contribution is 7.00. The quantitative estimate of drug-likeness (QED) is 0.178. The van der Waals surface area contributed by atoms with E-state index < -0.39 is 0 Å². The predicted molar refractivity (Wildman–Crippen MR) is 184 cm³/mol. The molecule has 0 unspecified atom stereocenters. The zero-order valence-corrected chi connectivity index (χ0v) is 25.1. The highest BCUT2D eigenvalue weighted by atomic mass is 19.1. The summed E-state index contributed by atoms with van der Waals surface area (Å²) in [5, 5.41) is 5.20. The predicted octanol–water partition coefficient (Wildman–Crippen LogP) is 8.06. The Balaban J connectivity index is 1.47. The zero-order valence-electron chi connectivity index (χ0n) is 25.1. The zero-order chi connectivity index (χ0) is 29.6. The van der Waals surface area contributed by atoms with Crippen LogP contribution in [0.5, 0.6) is 0 Å². The van der Waals surface area contributed by atoms with Crippen molar-refractivity contribution >= 4 is 66.7 Å². The molecule has 0 radical (unpaired) electrons. The molecule has 0 aliphatic carbocycles. The SMILES string of the molecule is Cc1ccc2c(c1)c1cc(C)cc3c1n2-c1cc(-c2ccc(F)cc2)cc2c1B3c1cc(C)cc3c4cc(C)ccc4n-2c13. The maximum Gasteiger partial charge on any atom is 0.252 e. The van der Waals surface area contributed by atoms with Gasteiger partial charge in [-0.3, -0.25) is 0 Å². The van der Waals surface area contributed by atoms with Crippen molar-refractivity contribution in [2.24, 2.45) is 0 Å². The van der Waals surface area contributed by atoms with Gasteiger partial charge in [0, 0.05) is 44.0 Å². The molecule has 8 aromatic rings. The molecule has 2 aliphatic rings. The minimum Gasteiger partial charge on any atom is -0.310 e. The first-order valence-corrected chi connectivity index (χ1v) is 15.4. The van der Waals surface area contributed by atoms with E-state index in [1.807, 2.05) is 12.1 Å². The van der Waals surface area contributed by atoms with Crippen LogP contribution in [-0.4, -0.2) is 15.8 Å². The molecule has 208 valence electrons. The molecule has 6 aromatic carbocycles. The Kier molecular flexibility index (Phi) is 4.48. The molecular formula is C40H28BFN2. The van der Waals surface area contributed by atoms with Crippen molar-refractivity contribution in [1.29, 1.82) is 0 Å². The van der Waals surface area contributed by atoms with E-state index in [-0.39, 0.29) is 12.5 Å². The molecule has 0 atom stereocenters. The highest BCUT2D eigenvalue weighted by Gasteiger charge is 2.41. The average molecular weight is 566 g/mol. The van der Waals surface area contributed by atoms with Crippen molar-refractivity contribution in [3.63, 3.8) is 0 Å². The molecule has 10 rings (SSSR count). The van der Waals surface area contributed by atoms with E-state index in [4.69, 9.17) is 0 Å². The number of halogens is 1. The smallest absolute Gasteiger partial charge is 0.252 e. The third kappa shape index (κ3) is 2.96. The molecule has 0 amide bonds. The fourth-order valence-electron chi connectivity index (χ4n) is 8.40. The van der Waals surface area contributed by atoms with Crippen molar-refractivity contribution in [3.8, 4) is 22.5 Å². The molecule has 0 spiro atoms. The molecule has 2 aliphatic heterocycles.